The van der Waals surface area contributed by atoms with Crippen LogP contribution in [-0.2, 0) is 126 Å². The summed E-state index contributed by atoms with van der Waals surface area (Å²) in [6, 6.07) is 58.0. The molecule has 0 aliphatic carbocycles. The van der Waals surface area contributed by atoms with Gasteiger partial charge in [0.1, 0.15) is 64.4 Å². The molecular weight excluding hydrogens is 1920 g/mol. The van der Waals surface area contributed by atoms with Crippen molar-refractivity contribution in [2.75, 3.05) is 188 Å². The number of allylic oxidation sites excluding steroid dienone is 3. The number of carbonyl (C=O) groups is 7. The molecule has 4 aliphatic heterocycles. The summed E-state index contributed by atoms with van der Waals surface area (Å²) in [6.45, 7) is 19.7. The molecule has 0 unspecified atom stereocenters. The van der Waals surface area contributed by atoms with Crippen molar-refractivity contribution in [1.29, 1.82) is 0 Å². The van der Waals surface area contributed by atoms with E-state index in [0.717, 1.165) is 255 Å². The van der Waals surface area contributed by atoms with Gasteiger partial charge in [-0.3, -0.25) is 53.2 Å². The molecule has 42 heteroatoms. The van der Waals surface area contributed by atoms with Gasteiger partial charge < -0.3 is 107 Å². The number of aromatic hydroxyl groups is 2. The monoisotopic (exact) mass is 2060 g/mol. The van der Waals surface area contributed by atoms with E-state index < -0.39 is 11.9 Å². The van der Waals surface area contributed by atoms with Crippen molar-refractivity contribution in [2.45, 2.75) is 104 Å². The number of rotatable bonds is 42. The van der Waals surface area contributed by atoms with E-state index in [9.17, 15) is 33.6 Å². The fourth-order valence-electron chi connectivity index (χ4n) is 13.8. The van der Waals surface area contributed by atoms with Crippen LogP contribution < -0.4 is 66.2 Å². The predicted octanol–water partition coefficient (Wildman–Crippen LogP) is 7.26. The number of nitrogens with zero attached hydrogens (tertiary/aromatic N) is 10. The maximum absolute atomic E-state index is 12.6. The molecule has 7 aromatic carbocycles. The summed E-state index contributed by atoms with van der Waals surface area (Å²) in [6.07, 6.45) is 11.4. The maximum atomic E-state index is 12.6. The molecule has 145 heavy (non-hydrogen) atoms. The number of carboxylic acids is 2. The first kappa shape index (κ1) is 125. The van der Waals surface area contributed by atoms with Gasteiger partial charge in [0.2, 0.25) is 28.0 Å². The number of aryl methyl sites for hydroxylation is 3. The van der Waals surface area contributed by atoms with E-state index in [1.807, 2.05) is 127 Å². The molecule has 782 valence electrons. The van der Waals surface area contributed by atoms with E-state index in [4.69, 9.17) is 82.4 Å². The molecule has 0 radical (unpaired) electrons. The number of phenolic OH excluding ortho intramolecular Hbond substituents is 2. The van der Waals surface area contributed by atoms with Crippen LogP contribution in [0.15, 0.2) is 218 Å². The van der Waals surface area contributed by atoms with Crippen molar-refractivity contribution in [2.24, 2.45) is 11.5 Å². The Hall–Kier alpha value is -12.6. The van der Waals surface area contributed by atoms with Crippen LogP contribution in [0.4, 0.5) is 16.1 Å². The molecule has 14 rings (SSSR count). The number of esters is 2. The third kappa shape index (κ3) is 56.5. The van der Waals surface area contributed by atoms with Gasteiger partial charge in [-0.1, -0.05) is 151 Å². The van der Waals surface area contributed by atoms with Crippen LogP contribution in [0.1, 0.15) is 94.2 Å². The number of unbranched alkanes of at least 4 members (excludes halogenated alkanes) is 2. The van der Waals surface area contributed by atoms with Gasteiger partial charge in [0.05, 0.1) is 118 Å². The van der Waals surface area contributed by atoms with E-state index >= 15 is 0 Å². The van der Waals surface area contributed by atoms with Gasteiger partial charge in [-0.05, 0) is 162 Å². The number of aromatic nitrogens is 6. The Morgan fingerprint density at radius 3 is 1.23 bits per heavy atom. The third-order valence-corrected chi connectivity index (χ3v) is 23.0. The topological polar surface area (TPSA) is 549 Å². The Bertz CT molecular complexity index is 5390. The van der Waals surface area contributed by atoms with Gasteiger partial charge in [-0.2, -0.15) is 5.10 Å². The van der Waals surface area contributed by atoms with Gasteiger partial charge >= 0.3 is 42.7 Å². The first-order valence-electron chi connectivity index (χ1n) is 46.6. The number of alkyl halides is 1. The Kier molecular flexibility index (Phi) is 63.9. The van der Waals surface area contributed by atoms with Crippen LogP contribution in [0.3, 0.4) is 0 Å². The molecule has 3 aromatic heterocycles. The molecule has 4 fully saturated rings. The minimum Gasteiger partial charge on any atom is -0.870 e. The first-order valence-corrected chi connectivity index (χ1v) is 48.8. The number of nitrogen functional groups attached to an aromatic ring is 1. The quantitative estimate of drug-likeness (QED) is 0.00591. The van der Waals surface area contributed by atoms with Crippen LogP contribution in [0.5, 0.6) is 28.7 Å². The molecule has 16 N–H and O–H groups in total. The Morgan fingerprint density at radius 2 is 0.807 bits per heavy atom. The number of carbonyl (C=O) groups excluding carboxylic acids is 5. The summed E-state index contributed by atoms with van der Waals surface area (Å²) in [4.78, 5) is 88.9. The number of phenols is 2. The zero-order chi connectivity index (χ0) is 101. The van der Waals surface area contributed by atoms with Gasteiger partial charge in [0, 0.05) is 103 Å². The zero-order valence-corrected chi connectivity index (χ0v) is 84.3. The van der Waals surface area contributed by atoms with Crippen molar-refractivity contribution in [3.8, 4) is 28.7 Å². The van der Waals surface area contributed by atoms with Crippen LogP contribution in [0, 0.1) is 0 Å². The average Bonchev–Trinajstić information content (AvgIpc) is 1.83. The van der Waals surface area contributed by atoms with E-state index in [-0.39, 0.29) is 123 Å². The van der Waals surface area contributed by atoms with Crippen LogP contribution in [-0.4, -0.2) is 294 Å². The number of hydrogen-bond acceptors (Lipinski definition) is 34. The van der Waals surface area contributed by atoms with E-state index in [1.165, 1.54) is 55.1 Å². The van der Waals surface area contributed by atoms with E-state index in [2.05, 4.69) is 75.6 Å². The number of nitrogens with one attached hydrogen (secondary N) is 3. The van der Waals surface area contributed by atoms with Gasteiger partial charge in [0.25, 0.3) is 0 Å². The molecule has 7 heterocycles. The summed E-state index contributed by atoms with van der Waals surface area (Å²) >= 11 is 8.36. The molecule has 0 bridgehead atoms. The second-order valence-electron chi connectivity index (χ2n) is 32.3. The number of hydrogen-bond donors (Lipinski definition) is 10. The standard InChI is InChI=1S/C32H37N7O4S.C18H24N6OS.C15H21NO4.C14H19NO4.C9H10O3.C8H8O3.C6H12ClNO.CH4.Li.2H2O/c40-29(22-24-7-2-1-3-8-24)33-28-14-13-26(35-36-28)10-4-5-12-31-37-38-32(44-31)34-30(41)23-25-9-6-11-27(21-25)43-20-17-39-15-18-42-19-16-39;19-14(8-4-5-9-17-23-24-18(21)26-17)10-11-15(20)22-16(25)12-13-6-2-1-3-7-13;1-18-15(17)12-13-3-2-4-14(11-13)20-10-7-16-5-8-19-9-6-16;16-14(17)11-12-2-1-3-13(10-12)19-9-6-15-4-7-18-8-5-15;1-12-9(11)6-7-3-2-4-8(10)5-7;9-7-3-1-2-6(4-7)5-8(10)11;7-1-2-8-3-5-9-6-4-8;;;;/h1-3,6-9,11,13-14,21H,4-5,10,12,15-20,22-23H2,(H,33,36,40)(H,34,38,41);1-3,6-7,10-11H,4-5,8-9,12,19-20H2,(H2,21,24)(H,22,25);2-4,11H,5-10,12H2,1H3;1-3,10H,4-9,11H2,(H,16,17);2-5,10H,6H2,1H3;1-4,9H,5H2,(H,10,11);1-6H2;1H4;;2*1H2/q;;;;;;;;+1;;/p-1/b;14-10-,15-11+;;;;;;;;;. The number of amides is 3. The fourth-order valence-corrected chi connectivity index (χ4v) is 15.5. The van der Waals surface area contributed by atoms with Crippen molar-refractivity contribution in [3.63, 3.8) is 0 Å². The number of nitrogens with two attached hydrogens (primary N) is 3. The number of benzene rings is 7. The molecule has 38 nitrogen and oxygen atoms in total. The van der Waals surface area contributed by atoms with Gasteiger partial charge in [-0.15, -0.1) is 37.1 Å². The fraction of sp³-hybridized carbons (Fsp3) is 0.408. The summed E-state index contributed by atoms with van der Waals surface area (Å²) in [5.74, 6) is 1.31. The number of halogens is 1. The molecule has 10 aromatic rings. The molecule has 0 spiro atoms. The first-order chi connectivity index (χ1) is 68.5. The second-order valence-corrected chi connectivity index (χ2v) is 34.9. The normalized spacial score (nSPS) is 13.4. The minimum absolute atomic E-state index is 0. The average molecular weight is 2060 g/mol. The summed E-state index contributed by atoms with van der Waals surface area (Å²) < 4.78 is 47.5. The molecule has 0 atom stereocenters. The number of ether oxygens (including phenoxy) is 9. The summed E-state index contributed by atoms with van der Waals surface area (Å²) in [5, 5.41) is 70.7. The number of aliphatic carboxylic acids is 2. The number of morpholine rings is 4. The van der Waals surface area contributed by atoms with Crippen LogP contribution >= 0.6 is 34.3 Å². The Morgan fingerprint density at radius 1 is 0.428 bits per heavy atom. The molecule has 4 aliphatic rings. The molecule has 3 amide bonds. The molecule has 0 saturated carbocycles. The number of carboxylic acid groups (broad SMARTS) is 2. The zero-order valence-electron chi connectivity index (χ0n) is 81.9. The predicted molar refractivity (Wildman–Crippen MR) is 553 cm³/mol. The number of anilines is 3. The Labute approximate surface area is 872 Å². The molecule has 4 saturated heterocycles. The van der Waals surface area contributed by atoms with Crippen molar-refractivity contribution >= 4 is 92.0 Å². The second kappa shape index (κ2) is 74.3. The van der Waals surface area contributed by atoms with Crippen LogP contribution in [0.25, 0.3) is 0 Å². The molecular formula is C103H138ClLiN16O22S2. The van der Waals surface area contributed by atoms with E-state index in [1.54, 1.807) is 60.7 Å². The smallest absolute Gasteiger partial charge is 0.870 e. The Balaban J connectivity index is 0.000000375. The van der Waals surface area contributed by atoms with Crippen molar-refractivity contribution < 1.29 is 126 Å². The van der Waals surface area contributed by atoms with Crippen molar-refractivity contribution in [1.82, 2.24) is 55.5 Å². The maximum Gasteiger partial charge on any atom is 1.00 e. The summed E-state index contributed by atoms with van der Waals surface area (Å²) in [5.41, 5.74) is 24.7. The minimum atomic E-state index is -0.893. The SMILES string of the molecule is C.COC(=O)Cc1cccc(O)c1.COC(=O)Cc1cccc(OCCN2CCOCC2)c1.ClCCN1CCOCC1.N/C(=C\C=C(/N)NC(=O)Cc1ccccc1)CCCCc1nnc(N)s1.O.O=C(Cc1ccccc1)Nc1ccc(CCCCc2nnc(NC(=O)Cc3cccc(OCCN4CCOCC4)c3)s2)nn1.O=C(O)Cc1cccc(O)c1.O=C(O)Cc1cccc(OCCN2CCOCC2)c1.[Li+].[OH-]. The summed E-state index contributed by atoms with van der Waals surface area (Å²) in [7, 11) is 2.73. The largest absolute Gasteiger partial charge is 1.00 e. The third-order valence-electron chi connectivity index (χ3n) is 21.1. The van der Waals surface area contributed by atoms with Gasteiger partial charge in [-0.25, -0.2) is 0 Å². The van der Waals surface area contributed by atoms with E-state index in [0.29, 0.717) is 53.6 Å². The van der Waals surface area contributed by atoms with Gasteiger partial charge in [0.15, 0.2) is 5.82 Å². The number of methoxy groups -OCH3 is 2. The van der Waals surface area contributed by atoms with Crippen LogP contribution in [0.2, 0.25) is 0 Å². The van der Waals surface area contributed by atoms with Crippen molar-refractivity contribution in [3.05, 3.63) is 272 Å².